The Labute approximate surface area is 129 Å². The number of benzene rings is 1. The zero-order valence-corrected chi connectivity index (χ0v) is 12.7. The molecule has 5 heteroatoms. The van der Waals surface area contributed by atoms with Crippen LogP contribution in [0.2, 0.25) is 0 Å². The van der Waals surface area contributed by atoms with Gasteiger partial charge in [-0.3, -0.25) is 9.59 Å². The molecule has 1 aliphatic heterocycles. The highest BCUT2D eigenvalue weighted by Crippen LogP contribution is 2.19. The van der Waals surface area contributed by atoms with Crippen LogP contribution in [0.15, 0.2) is 53.9 Å². The standard InChI is InChI=1S/C17H20N2O3/c1-12(16(21)14-6-4-3-5-7-14)18-17(22)15-8-13(11-20)9-19(2)10-15/h3-7,9-12,16,21H,8H2,1-2H3,(H,18,22)/t12-,16-/m1/s1. The minimum absolute atomic E-state index is 0.276. The van der Waals surface area contributed by atoms with Gasteiger partial charge in [-0.2, -0.15) is 0 Å². The van der Waals surface area contributed by atoms with Gasteiger partial charge in [-0.25, -0.2) is 0 Å². The maximum Gasteiger partial charge on any atom is 0.249 e. The number of nitrogens with zero attached hydrogens (tertiary/aromatic N) is 1. The number of hydrogen-bond donors (Lipinski definition) is 2. The molecule has 0 unspecified atom stereocenters. The fourth-order valence-electron chi connectivity index (χ4n) is 2.38. The highest BCUT2D eigenvalue weighted by atomic mass is 16.3. The van der Waals surface area contributed by atoms with Crippen LogP contribution in [0.25, 0.3) is 0 Å². The Hall–Kier alpha value is -2.40. The van der Waals surface area contributed by atoms with Crippen LogP contribution >= 0.6 is 0 Å². The average molecular weight is 300 g/mol. The van der Waals surface area contributed by atoms with Crippen LogP contribution in [0, 0.1) is 0 Å². The molecule has 0 radical (unpaired) electrons. The summed E-state index contributed by atoms with van der Waals surface area (Å²) in [5, 5.41) is 13.1. The summed E-state index contributed by atoms with van der Waals surface area (Å²) in [7, 11) is 1.76. The van der Waals surface area contributed by atoms with E-state index >= 15 is 0 Å². The van der Waals surface area contributed by atoms with Crippen molar-refractivity contribution in [1.82, 2.24) is 10.2 Å². The Bertz CT molecular complexity index is 608. The molecule has 116 valence electrons. The molecule has 1 aromatic rings. The number of amides is 1. The molecular weight excluding hydrogens is 280 g/mol. The molecule has 0 saturated heterocycles. The van der Waals surface area contributed by atoms with Gasteiger partial charge in [0.2, 0.25) is 5.91 Å². The molecule has 5 nitrogen and oxygen atoms in total. The zero-order valence-electron chi connectivity index (χ0n) is 12.7. The Morgan fingerprint density at radius 3 is 2.64 bits per heavy atom. The second-order valence-electron chi connectivity index (χ2n) is 5.44. The van der Waals surface area contributed by atoms with Crippen molar-refractivity contribution in [3.05, 3.63) is 59.4 Å². The van der Waals surface area contributed by atoms with Gasteiger partial charge in [-0.1, -0.05) is 30.3 Å². The van der Waals surface area contributed by atoms with E-state index in [4.69, 9.17) is 0 Å². The summed E-state index contributed by atoms with van der Waals surface area (Å²) in [6.45, 7) is 1.75. The van der Waals surface area contributed by atoms with Gasteiger partial charge in [0, 0.05) is 37.0 Å². The fourth-order valence-corrected chi connectivity index (χ4v) is 2.38. The molecule has 1 heterocycles. The molecule has 2 atom stereocenters. The molecular formula is C17H20N2O3. The third kappa shape index (κ3) is 3.83. The topological polar surface area (TPSA) is 69.6 Å². The summed E-state index contributed by atoms with van der Waals surface area (Å²) in [5.74, 6) is -0.276. The third-order valence-corrected chi connectivity index (χ3v) is 3.54. The first-order chi connectivity index (χ1) is 10.5. The first-order valence-electron chi connectivity index (χ1n) is 7.13. The molecule has 0 spiro atoms. The second-order valence-corrected chi connectivity index (χ2v) is 5.44. The maximum atomic E-state index is 12.3. The number of aldehydes is 1. The van der Waals surface area contributed by atoms with Gasteiger partial charge in [0.25, 0.3) is 0 Å². The molecule has 1 aromatic carbocycles. The van der Waals surface area contributed by atoms with Crippen LogP contribution in [0.3, 0.4) is 0 Å². The molecule has 0 aromatic heterocycles. The first kappa shape index (κ1) is 16.0. The predicted molar refractivity (Wildman–Crippen MR) is 83.6 cm³/mol. The Balaban J connectivity index is 2.01. The van der Waals surface area contributed by atoms with Gasteiger partial charge >= 0.3 is 0 Å². The highest BCUT2D eigenvalue weighted by molar-refractivity contribution is 5.95. The highest BCUT2D eigenvalue weighted by Gasteiger charge is 2.22. The van der Waals surface area contributed by atoms with Crippen LogP contribution in [-0.2, 0) is 9.59 Å². The van der Waals surface area contributed by atoms with E-state index in [1.807, 2.05) is 30.3 Å². The van der Waals surface area contributed by atoms with E-state index in [0.717, 1.165) is 11.8 Å². The van der Waals surface area contributed by atoms with Crippen molar-refractivity contribution in [1.29, 1.82) is 0 Å². The smallest absolute Gasteiger partial charge is 0.249 e. The SMILES string of the molecule is C[C@@H](NC(=O)C1=CN(C)C=C(C=O)C1)[C@@H](O)c1ccccc1. The molecule has 1 aliphatic rings. The summed E-state index contributed by atoms with van der Waals surface area (Å²) in [4.78, 5) is 24.9. The van der Waals surface area contributed by atoms with E-state index in [9.17, 15) is 14.7 Å². The first-order valence-corrected chi connectivity index (χ1v) is 7.13. The summed E-state index contributed by atoms with van der Waals surface area (Å²) >= 11 is 0. The molecule has 0 saturated carbocycles. The lowest BCUT2D eigenvalue weighted by atomic mass is 10.0. The van der Waals surface area contributed by atoms with Crippen molar-refractivity contribution in [2.24, 2.45) is 0 Å². The van der Waals surface area contributed by atoms with E-state index in [2.05, 4.69) is 5.32 Å². The molecule has 2 rings (SSSR count). The minimum Gasteiger partial charge on any atom is -0.386 e. The van der Waals surface area contributed by atoms with Gasteiger partial charge in [-0.05, 0) is 12.5 Å². The number of carbonyl (C=O) groups is 2. The van der Waals surface area contributed by atoms with Gasteiger partial charge in [0.05, 0.1) is 12.1 Å². The molecule has 1 amide bonds. The number of aliphatic hydroxyl groups is 1. The normalized spacial score (nSPS) is 17.1. The van der Waals surface area contributed by atoms with Crippen LogP contribution in [0.5, 0.6) is 0 Å². The van der Waals surface area contributed by atoms with Crippen molar-refractivity contribution in [3.63, 3.8) is 0 Å². The summed E-state index contributed by atoms with van der Waals surface area (Å²) in [6, 6.07) is 8.74. The second kappa shape index (κ2) is 7.04. The van der Waals surface area contributed by atoms with Gasteiger partial charge in [0.15, 0.2) is 0 Å². The Morgan fingerprint density at radius 1 is 1.32 bits per heavy atom. The monoisotopic (exact) mass is 300 g/mol. The van der Waals surface area contributed by atoms with Gasteiger partial charge < -0.3 is 15.3 Å². The van der Waals surface area contributed by atoms with Crippen molar-refractivity contribution >= 4 is 12.2 Å². The largest absolute Gasteiger partial charge is 0.386 e. The van der Waals surface area contributed by atoms with Gasteiger partial charge in [0.1, 0.15) is 6.29 Å². The van der Waals surface area contributed by atoms with Crippen molar-refractivity contribution < 1.29 is 14.7 Å². The lowest BCUT2D eigenvalue weighted by Gasteiger charge is -2.23. The van der Waals surface area contributed by atoms with Crippen LogP contribution in [0.4, 0.5) is 0 Å². The molecule has 0 fully saturated rings. The molecule has 0 aliphatic carbocycles. The van der Waals surface area contributed by atoms with E-state index in [0.29, 0.717) is 17.6 Å². The van der Waals surface area contributed by atoms with Crippen molar-refractivity contribution in [3.8, 4) is 0 Å². The number of allylic oxidation sites excluding steroid dienone is 1. The summed E-state index contributed by atoms with van der Waals surface area (Å²) < 4.78 is 0. The van der Waals surface area contributed by atoms with Gasteiger partial charge in [-0.15, -0.1) is 0 Å². The number of aliphatic hydroxyl groups excluding tert-OH is 1. The lowest BCUT2D eigenvalue weighted by Crippen LogP contribution is -2.38. The van der Waals surface area contributed by atoms with E-state index in [1.54, 1.807) is 31.3 Å². The Morgan fingerprint density at radius 2 is 2.00 bits per heavy atom. The third-order valence-electron chi connectivity index (χ3n) is 3.54. The van der Waals surface area contributed by atoms with Crippen LogP contribution in [0.1, 0.15) is 25.0 Å². The van der Waals surface area contributed by atoms with E-state index in [1.165, 1.54) is 0 Å². The number of carbonyl (C=O) groups excluding carboxylic acids is 2. The lowest BCUT2D eigenvalue weighted by molar-refractivity contribution is -0.119. The number of rotatable bonds is 5. The zero-order chi connectivity index (χ0) is 16.1. The number of hydrogen-bond acceptors (Lipinski definition) is 4. The Kier molecular flexibility index (Phi) is 5.12. The van der Waals surface area contributed by atoms with Crippen molar-refractivity contribution in [2.45, 2.75) is 25.5 Å². The van der Waals surface area contributed by atoms with E-state index < -0.39 is 12.1 Å². The van der Waals surface area contributed by atoms with E-state index in [-0.39, 0.29) is 5.91 Å². The summed E-state index contributed by atoms with van der Waals surface area (Å²) in [6.07, 6.45) is 3.64. The predicted octanol–water partition coefficient (Wildman–Crippen LogP) is 1.53. The maximum absolute atomic E-state index is 12.3. The van der Waals surface area contributed by atoms with Crippen LogP contribution in [-0.4, -0.2) is 35.3 Å². The van der Waals surface area contributed by atoms with Crippen molar-refractivity contribution in [2.75, 3.05) is 7.05 Å². The molecule has 22 heavy (non-hydrogen) atoms. The average Bonchev–Trinajstić information content (AvgIpc) is 2.54. The number of nitrogens with one attached hydrogen (secondary N) is 1. The summed E-state index contributed by atoms with van der Waals surface area (Å²) in [5.41, 5.74) is 1.80. The fraction of sp³-hybridized carbons (Fsp3) is 0.294. The quantitative estimate of drug-likeness (QED) is 0.809. The molecule has 0 bridgehead atoms. The minimum atomic E-state index is -0.784. The van der Waals surface area contributed by atoms with Crippen LogP contribution < -0.4 is 5.32 Å². The molecule has 2 N–H and O–H groups in total.